The van der Waals surface area contributed by atoms with E-state index in [1.54, 1.807) is 6.08 Å². The molecule has 3 heterocycles. The van der Waals surface area contributed by atoms with Gasteiger partial charge in [-0.25, -0.2) is 4.79 Å². The zero-order valence-electron chi connectivity index (χ0n) is 14.4. The maximum Gasteiger partial charge on any atom is 0.331 e. The van der Waals surface area contributed by atoms with E-state index in [9.17, 15) is 9.59 Å². The molecule has 24 heavy (non-hydrogen) atoms. The third-order valence-corrected chi connectivity index (χ3v) is 6.91. The third-order valence-electron chi connectivity index (χ3n) is 6.91. The quantitative estimate of drug-likeness (QED) is 0.419. The van der Waals surface area contributed by atoms with Gasteiger partial charge in [0.1, 0.15) is 18.3 Å². The van der Waals surface area contributed by atoms with Crippen LogP contribution in [0.15, 0.2) is 23.8 Å². The zero-order chi connectivity index (χ0) is 17.1. The predicted molar refractivity (Wildman–Crippen MR) is 83.7 cm³/mol. The molecule has 7 atom stereocenters. The summed E-state index contributed by atoms with van der Waals surface area (Å²) in [4.78, 5) is 24.9. The smallest absolute Gasteiger partial charge is 0.331 e. The molecule has 128 valence electrons. The highest BCUT2D eigenvalue weighted by Gasteiger charge is 2.82. The maximum atomic E-state index is 12.6. The fourth-order valence-corrected chi connectivity index (χ4v) is 5.98. The van der Waals surface area contributed by atoms with Crippen molar-refractivity contribution in [3.05, 3.63) is 23.8 Å². The minimum Gasteiger partial charge on any atom is -0.458 e. The number of esters is 2. The number of epoxide rings is 1. The standard InChI is InChI=1S/C19H22O5/c1-9(2)14-19-10(8-11(20)22-14)17(3)6-5-7-18(4)13(17)12(15(19)24-19)23-16(18)21/h5,7-9,12-15H,6H2,1-4H3/t12?,13?,14?,15?,17-,18?,19?/m1/s1. The summed E-state index contributed by atoms with van der Waals surface area (Å²) >= 11 is 0. The van der Waals surface area contributed by atoms with Gasteiger partial charge >= 0.3 is 11.9 Å². The van der Waals surface area contributed by atoms with Crippen LogP contribution in [-0.2, 0) is 23.8 Å². The monoisotopic (exact) mass is 330 g/mol. The fourth-order valence-electron chi connectivity index (χ4n) is 5.98. The van der Waals surface area contributed by atoms with Gasteiger partial charge in [0, 0.05) is 17.4 Å². The first-order valence-electron chi connectivity index (χ1n) is 8.75. The molecule has 0 radical (unpaired) electrons. The number of rotatable bonds is 1. The van der Waals surface area contributed by atoms with Gasteiger partial charge in [-0.1, -0.05) is 32.9 Å². The molecule has 2 aliphatic carbocycles. The van der Waals surface area contributed by atoms with E-state index in [1.807, 2.05) is 26.8 Å². The molecule has 5 rings (SSSR count). The van der Waals surface area contributed by atoms with Crippen LogP contribution in [0.5, 0.6) is 0 Å². The molecule has 3 aliphatic heterocycles. The average Bonchev–Trinajstić information content (AvgIpc) is 3.16. The molecule has 1 spiro atoms. The number of carbonyl (C=O) groups is 2. The van der Waals surface area contributed by atoms with Gasteiger partial charge < -0.3 is 14.2 Å². The Morgan fingerprint density at radius 3 is 2.67 bits per heavy atom. The summed E-state index contributed by atoms with van der Waals surface area (Å²) in [6.45, 7) is 8.17. The van der Waals surface area contributed by atoms with Crippen molar-refractivity contribution in [3.8, 4) is 0 Å². The molecule has 5 aliphatic rings. The van der Waals surface area contributed by atoms with Crippen molar-refractivity contribution < 1.29 is 23.8 Å². The lowest BCUT2D eigenvalue weighted by Gasteiger charge is -2.52. The molecule has 0 amide bonds. The second-order valence-electron chi connectivity index (χ2n) is 8.65. The molecule has 5 nitrogen and oxygen atoms in total. The van der Waals surface area contributed by atoms with Crippen molar-refractivity contribution in [2.45, 2.75) is 58.0 Å². The van der Waals surface area contributed by atoms with Crippen LogP contribution in [0.4, 0.5) is 0 Å². The van der Waals surface area contributed by atoms with Gasteiger partial charge in [0.05, 0.1) is 5.41 Å². The Labute approximate surface area is 141 Å². The Morgan fingerprint density at radius 1 is 1.21 bits per heavy atom. The SMILES string of the molecule is CC(C)C1OC(=O)C=C2C13OC3C1OC(=O)C3(C)C=CC[C@@]2(C)C13. The number of carbonyl (C=O) groups excluding carboxylic acids is 2. The first kappa shape index (κ1) is 14.7. The Kier molecular flexibility index (Phi) is 2.42. The highest BCUT2D eigenvalue weighted by atomic mass is 16.7. The molecule has 6 unspecified atom stereocenters. The molecule has 1 saturated carbocycles. The van der Waals surface area contributed by atoms with Gasteiger partial charge in [0.2, 0.25) is 0 Å². The van der Waals surface area contributed by atoms with Crippen LogP contribution in [0.25, 0.3) is 0 Å². The number of fused-ring (bicyclic) bond motifs is 2. The predicted octanol–water partition coefficient (Wildman–Crippen LogP) is 2.16. The van der Waals surface area contributed by atoms with Gasteiger partial charge in [0.25, 0.3) is 0 Å². The van der Waals surface area contributed by atoms with Crippen LogP contribution in [-0.4, -0.2) is 35.9 Å². The van der Waals surface area contributed by atoms with Crippen LogP contribution >= 0.6 is 0 Å². The van der Waals surface area contributed by atoms with E-state index in [0.29, 0.717) is 0 Å². The minimum absolute atomic E-state index is 0.00640. The van der Waals surface area contributed by atoms with E-state index < -0.39 is 11.0 Å². The van der Waals surface area contributed by atoms with Crippen molar-refractivity contribution >= 4 is 11.9 Å². The first-order valence-corrected chi connectivity index (χ1v) is 8.75. The van der Waals surface area contributed by atoms with E-state index >= 15 is 0 Å². The van der Waals surface area contributed by atoms with Crippen molar-refractivity contribution in [2.24, 2.45) is 22.7 Å². The summed E-state index contributed by atoms with van der Waals surface area (Å²) in [5.74, 6) is -0.360. The highest BCUT2D eigenvalue weighted by molar-refractivity contribution is 5.87. The van der Waals surface area contributed by atoms with E-state index in [1.165, 1.54) is 0 Å². The van der Waals surface area contributed by atoms with Crippen molar-refractivity contribution in [1.82, 2.24) is 0 Å². The zero-order valence-corrected chi connectivity index (χ0v) is 14.4. The molecule has 0 bridgehead atoms. The molecule has 5 heteroatoms. The minimum atomic E-state index is -0.648. The summed E-state index contributed by atoms with van der Waals surface area (Å²) < 4.78 is 17.7. The Bertz CT molecular complexity index is 736. The fraction of sp³-hybridized carbons (Fsp3) is 0.684. The van der Waals surface area contributed by atoms with Gasteiger partial charge in [-0.15, -0.1) is 0 Å². The average molecular weight is 330 g/mol. The topological polar surface area (TPSA) is 65.1 Å². The van der Waals surface area contributed by atoms with Crippen molar-refractivity contribution in [3.63, 3.8) is 0 Å². The molecular weight excluding hydrogens is 308 g/mol. The molecule has 3 fully saturated rings. The second-order valence-corrected chi connectivity index (χ2v) is 8.65. The molecule has 0 aromatic carbocycles. The van der Waals surface area contributed by atoms with Crippen LogP contribution in [0.2, 0.25) is 0 Å². The summed E-state index contributed by atoms with van der Waals surface area (Å²) in [7, 11) is 0. The number of cyclic esters (lactones) is 1. The Balaban J connectivity index is 1.74. The number of ether oxygens (including phenoxy) is 3. The van der Waals surface area contributed by atoms with Crippen molar-refractivity contribution in [1.29, 1.82) is 0 Å². The van der Waals surface area contributed by atoms with Gasteiger partial charge in [-0.05, 0) is 24.8 Å². The van der Waals surface area contributed by atoms with Crippen LogP contribution in [0.3, 0.4) is 0 Å². The lowest BCUT2D eigenvalue weighted by molar-refractivity contribution is -0.153. The molecular formula is C19H22O5. The van der Waals surface area contributed by atoms with E-state index in [-0.39, 0.29) is 47.5 Å². The summed E-state index contributed by atoms with van der Waals surface area (Å²) in [5, 5.41) is 0. The van der Waals surface area contributed by atoms with Crippen molar-refractivity contribution in [2.75, 3.05) is 0 Å². The lowest BCUT2D eigenvalue weighted by Crippen LogP contribution is -2.59. The number of hydrogen-bond acceptors (Lipinski definition) is 5. The van der Waals surface area contributed by atoms with Gasteiger partial charge in [0.15, 0.2) is 5.60 Å². The lowest BCUT2D eigenvalue weighted by atomic mass is 9.49. The highest BCUT2D eigenvalue weighted by Crippen LogP contribution is 2.71. The van der Waals surface area contributed by atoms with Crippen LogP contribution < -0.4 is 0 Å². The third kappa shape index (κ3) is 1.35. The number of hydrogen-bond donors (Lipinski definition) is 0. The Hall–Kier alpha value is -1.62. The van der Waals surface area contributed by atoms with Gasteiger partial charge in [-0.2, -0.15) is 0 Å². The van der Waals surface area contributed by atoms with Gasteiger partial charge in [-0.3, -0.25) is 4.79 Å². The molecule has 0 N–H and O–H groups in total. The second kappa shape index (κ2) is 3.96. The van der Waals surface area contributed by atoms with E-state index in [0.717, 1.165) is 12.0 Å². The Morgan fingerprint density at radius 2 is 1.96 bits per heavy atom. The largest absolute Gasteiger partial charge is 0.458 e. The summed E-state index contributed by atoms with van der Waals surface area (Å²) in [5.41, 5.74) is -0.593. The summed E-state index contributed by atoms with van der Waals surface area (Å²) in [6.07, 6.45) is 5.64. The molecule has 2 saturated heterocycles. The maximum absolute atomic E-state index is 12.6. The van der Waals surface area contributed by atoms with Crippen LogP contribution in [0, 0.1) is 22.7 Å². The van der Waals surface area contributed by atoms with Crippen LogP contribution in [0.1, 0.15) is 34.1 Å². The molecule has 0 aromatic rings. The number of allylic oxidation sites excluding steroid dienone is 1. The van der Waals surface area contributed by atoms with E-state index in [4.69, 9.17) is 14.2 Å². The van der Waals surface area contributed by atoms with E-state index in [2.05, 4.69) is 13.0 Å². The first-order chi connectivity index (χ1) is 11.2. The normalized spacial score (nSPS) is 53.6. The molecule has 0 aromatic heterocycles. The summed E-state index contributed by atoms with van der Waals surface area (Å²) in [6, 6.07) is 0.